The van der Waals surface area contributed by atoms with Crippen LogP contribution in [-0.4, -0.2) is 11.1 Å². The fourth-order valence-electron chi connectivity index (χ4n) is 1.94. The van der Waals surface area contributed by atoms with Gasteiger partial charge in [0.2, 0.25) is 0 Å². The summed E-state index contributed by atoms with van der Waals surface area (Å²) in [6.07, 6.45) is 0.558. The monoisotopic (exact) mass is 285 g/mol. The van der Waals surface area contributed by atoms with Crippen molar-refractivity contribution in [3.8, 4) is 6.07 Å². The van der Waals surface area contributed by atoms with Crippen molar-refractivity contribution >= 4 is 29.2 Å². The molecule has 1 unspecified atom stereocenters. The van der Waals surface area contributed by atoms with Gasteiger partial charge in [-0.2, -0.15) is 5.26 Å². The Kier molecular flexibility index (Phi) is 5.01. The molecule has 96 valence electrons. The lowest BCUT2D eigenvalue weighted by atomic mass is 9.75. The number of benzene rings is 1. The lowest BCUT2D eigenvalue weighted by molar-refractivity contribution is -0.137. The molecule has 1 aromatic rings. The highest BCUT2D eigenvalue weighted by Crippen LogP contribution is 2.40. The van der Waals surface area contributed by atoms with Crippen LogP contribution in [0.3, 0.4) is 0 Å². The van der Waals surface area contributed by atoms with Crippen molar-refractivity contribution in [2.24, 2.45) is 0 Å². The van der Waals surface area contributed by atoms with Crippen LogP contribution >= 0.6 is 23.2 Å². The van der Waals surface area contributed by atoms with Crippen LogP contribution in [0.4, 0.5) is 0 Å². The molecule has 0 fully saturated rings. The predicted molar refractivity (Wildman–Crippen MR) is 70.9 cm³/mol. The van der Waals surface area contributed by atoms with Gasteiger partial charge < -0.3 is 5.11 Å². The van der Waals surface area contributed by atoms with Crippen LogP contribution in [0.5, 0.6) is 0 Å². The van der Waals surface area contributed by atoms with Crippen LogP contribution < -0.4 is 0 Å². The van der Waals surface area contributed by atoms with Crippen molar-refractivity contribution in [1.82, 2.24) is 0 Å². The first-order chi connectivity index (χ1) is 8.46. The predicted octanol–water partition coefficient (Wildman–Crippen LogP) is 4.03. The number of carbonyl (C=O) groups is 1. The molecule has 1 N–H and O–H groups in total. The second kappa shape index (κ2) is 6.08. The second-order valence-corrected chi connectivity index (χ2v) is 4.85. The quantitative estimate of drug-likeness (QED) is 0.888. The Hall–Kier alpha value is -1.24. The number of rotatable bonds is 5. The van der Waals surface area contributed by atoms with Gasteiger partial charge in [-0.25, -0.2) is 0 Å². The highest BCUT2D eigenvalue weighted by Gasteiger charge is 2.34. The molecule has 1 aromatic carbocycles. The number of hydrogen-bond donors (Lipinski definition) is 1. The van der Waals surface area contributed by atoms with E-state index in [-0.39, 0.29) is 12.8 Å². The van der Waals surface area contributed by atoms with E-state index in [1.807, 2.05) is 6.92 Å². The molecular formula is C13H13Cl2NO2. The molecule has 0 aromatic heterocycles. The topological polar surface area (TPSA) is 61.1 Å². The van der Waals surface area contributed by atoms with Gasteiger partial charge in [0, 0.05) is 22.0 Å². The zero-order chi connectivity index (χ0) is 13.8. The molecule has 0 spiro atoms. The van der Waals surface area contributed by atoms with Crippen LogP contribution in [0, 0.1) is 11.3 Å². The zero-order valence-corrected chi connectivity index (χ0v) is 11.4. The summed E-state index contributed by atoms with van der Waals surface area (Å²) in [5, 5.41) is 19.0. The van der Waals surface area contributed by atoms with E-state index in [0.29, 0.717) is 22.0 Å². The molecule has 0 aliphatic carbocycles. The maximum Gasteiger partial charge on any atom is 0.303 e. The van der Waals surface area contributed by atoms with Gasteiger partial charge in [0.1, 0.15) is 0 Å². The van der Waals surface area contributed by atoms with Crippen LogP contribution in [0.25, 0.3) is 0 Å². The first kappa shape index (κ1) is 14.8. The maximum atomic E-state index is 10.7. The first-order valence-corrected chi connectivity index (χ1v) is 6.30. The minimum atomic E-state index is -0.951. The molecular weight excluding hydrogens is 273 g/mol. The van der Waals surface area contributed by atoms with E-state index in [1.165, 1.54) is 0 Å². The molecule has 0 aliphatic heterocycles. The molecule has 18 heavy (non-hydrogen) atoms. The summed E-state index contributed by atoms with van der Waals surface area (Å²) >= 11 is 12.2. The molecule has 0 heterocycles. The van der Waals surface area contributed by atoms with E-state index < -0.39 is 11.4 Å². The van der Waals surface area contributed by atoms with Gasteiger partial charge in [-0.15, -0.1) is 0 Å². The van der Waals surface area contributed by atoms with E-state index >= 15 is 0 Å². The summed E-state index contributed by atoms with van der Waals surface area (Å²) in [7, 11) is 0. The summed E-state index contributed by atoms with van der Waals surface area (Å²) in [6, 6.07) is 7.20. The zero-order valence-electron chi connectivity index (χ0n) is 9.91. The van der Waals surface area contributed by atoms with E-state index in [4.69, 9.17) is 28.3 Å². The van der Waals surface area contributed by atoms with Crippen molar-refractivity contribution < 1.29 is 9.90 Å². The highest BCUT2D eigenvalue weighted by molar-refractivity contribution is 6.36. The number of aliphatic carboxylic acids is 1. The number of halogens is 2. The molecule has 1 rings (SSSR count). The number of carboxylic acids is 1. The third-order valence-electron chi connectivity index (χ3n) is 3.02. The molecule has 3 nitrogen and oxygen atoms in total. The van der Waals surface area contributed by atoms with Gasteiger partial charge in [-0.1, -0.05) is 36.2 Å². The van der Waals surface area contributed by atoms with Crippen LogP contribution in [0.2, 0.25) is 10.0 Å². The van der Waals surface area contributed by atoms with Crippen molar-refractivity contribution in [3.05, 3.63) is 33.8 Å². The van der Waals surface area contributed by atoms with Crippen LogP contribution in [0.15, 0.2) is 18.2 Å². The van der Waals surface area contributed by atoms with Gasteiger partial charge in [0.05, 0.1) is 11.5 Å². The number of nitrogens with zero attached hydrogens (tertiary/aromatic N) is 1. The molecule has 0 amide bonds. The van der Waals surface area contributed by atoms with Gasteiger partial charge in [-0.3, -0.25) is 4.79 Å². The first-order valence-electron chi connectivity index (χ1n) is 5.54. The summed E-state index contributed by atoms with van der Waals surface area (Å²) in [4.78, 5) is 10.7. The van der Waals surface area contributed by atoms with Gasteiger partial charge >= 0.3 is 5.97 Å². The molecule has 0 aliphatic rings. The van der Waals surface area contributed by atoms with Gasteiger partial charge in [0.25, 0.3) is 0 Å². The van der Waals surface area contributed by atoms with Crippen LogP contribution in [0.1, 0.15) is 31.7 Å². The Morgan fingerprint density at radius 2 is 2.00 bits per heavy atom. The third-order valence-corrected chi connectivity index (χ3v) is 3.65. The fourth-order valence-corrected chi connectivity index (χ4v) is 2.70. The van der Waals surface area contributed by atoms with E-state index in [1.54, 1.807) is 18.2 Å². The number of nitriles is 1. The molecule has 0 bridgehead atoms. The summed E-state index contributed by atoms with van der Waals surface area (Å²) in [5.41, 5.74) is -0.423. The summed E-state index contributed by atoms with van der Waals surface area (Å²) < 4.78 is 0. The van der Waals surface area contributed by atoms with E-state index in [9.17, 15) is 10.1 Å². The summed E-state index contributed by atoms with van der Waals surface area (Å²) in [6.45, 7) is 1.82. The van der Waals surface area contributed by atoms with Crippen molar-refractivity contribution in [2.75, 3.05) is 0 Å². The van der Waals surface area contributed by atoms with Crippen molar-refractivity contribution in [2.45, 2.75) is 31.6 Å². The maximum absolute atomic E-state index is 10.7. The van der Waals surface area contributed by atoms with Gasteiger partial charge in [-0.05, 0) is 25.0 Å². The van der Waals surface area contributed by atoms with Crippen molar-refractivity contribution in [1.29, 1.82) is 5.26 Å². The molecule has 0 saturated carbocycles. The molecule has 0 saturated heterocycles. The molecule has 5 heteroatoms. The van der Waals surface area contributed by atoms with E-state index in [2.05, 4.69) is 6.07 Å². The lowest BCUT2D eigenvalue weighted by Crippen LogP contribution is -2.25. The fraction of sp³-hybridized carbons (Fsp3) is 0.385. The minimum Gasteiger partial charge on any atom is -0.481 e. The minimum absolute atomic E-state index is 0.0943. The Morgan fingerprint density at radius 1 is 1.44 bits per heavy atom. The largest absolute Gasteiger partial charge is 0.481 e. The SMILES string of the molecule is CCC(C#N)(CCC(=O)O)c1c(Cl)cccc1Cl. The molecule has 0 radical (unpaired) electrons. The second-order valence-electron chi connectivity index (χ2n) is 4.04. The lowest BCUT2D eigenvalue weighted by Gasteiger charge is -2.27. The Labute approximate surface area is 116 Å². The molecule has 1 atom stereocenters. The van der Waals surface area contributed by atoms with Gasteiger partial charge in [0.15, 0.2) is 0 Å². The van der Waals surface area contributed by atoms with Crippen molar-refractivity contribution in [3.63, 3.8) is 0 Å². The van der Waals surface area contributed by atoms with E-state index in [0.717, 1.165) is 0 Å². The number of hydrogen-bond acceptors (Lipinski definition) is 2. The Balaban J connectivity index is 3.27. The Morgan fingerprint density at radius 3 is 2.39 bits per heavy atom. The number of carboxylic acid groups (broad SMARTS) is 1. The Bertz CT molecular complexity index is 476. The average molecular weight is 286 g/mol. The smallest absolute Gasteiger partial charge is 0.303 e. The normalized spacial score (nSPS) is 13.7. The van der Waals surface area contributed by atoms with Crippen LogP contribution in [-0.2, 0) is 10.2 Å². The highest BCUT2D eigenvalue weighted by atomic mass is 35.5. The summed E-state index contributed by atoms with van der Waals surface area (Å²) in [5.74, 6) is -0.939. The average Bonchev–Trinajstić information content (AvgIpc) is 2.33. The third kappa shape index (κ3) is 2.95. The standard InChI is InChI=1S/C13H13Cl2NO2/c1-2-13(8-16,7-6-11(17)18)12-9(14)4-3-5-10(12)15/h3-5H,2,6-7H2,1H3,(H,17,18).